The number of carbonyl (C=O) groups is 1. The highest BCUT2D eigenvalue weighted by atomic mass is 19.1. The molecule has 5 heteroatoms. The van der Waals surface area contributed by atoms with E-state index in [1.54, 1.807) is 4.90 Å². The normalized spacial score (nSPS) is 10.4. The molecule has 2 aromatic rings. The lowest BCUT2D eigenvalue weighted by atomic mass is 10.1. The quantitative estimate of drug-likeness (QED) is 0.844. The fourth-order valence-corrected chi connectivity index (χ4v) is 2.32. The first-order valence-electron chi connectivity index (χ1n) is 6.61. The highest BCUT2D eigenvalue weighted by Crippen LogP contribution is 2.33. The number of aromatic carboxylic acids is 1. The topological polar surface area (TPSA) is 66.6 Å². The predicted octanol–water partition coefficient (Wildman–Crippen LogP) is 3.57. The summed E-state index contributed by atoms with van der Waals surface area (Å²) in [7, 11) is 0. The van der Waals surface area contributed by atoms with Gasteiger partial charge in [-0.25, -0.2) is 9.18 Å². The molecule has 0 amide bonds. The second kappa shape index (κ2) is 5.83. The molecule has 4 nitrogen and oxygen atoms in total. The maximum absolute atomic E-state index is 13.5. The number of carboxylic acid groups (broad SMARTS) is 1. The number of hydrogen-bond acceptors (Lipinski definition) is 3. The Morgan fingerprint density at radius 3 is 2.62 bits per heavy atom. The highest BCUT2D eigenvalue weighted by Gasteiger charge is 2.21. The smallest absolute Gasteiger partial charge is 0.340 e. The van der Waals surface area contributed by atoms with Gasteiger partial charge in [0.1, 0.15) is 11.4 Å². The largest absolute Gasteiger partial charge is 0.478 e. The molecule has 3 N–H and O–H groups in total. The first-order valence-corrected chi connectivity index (χ1v) is 6.61. The summed E-state index contributed by atoms with van der Waals surface area (Å²) in [5, 5.41) is 9.34. The van der Waals surface area contributed by atoms with Crippen LogP contribution < -0.4 is 10.6 Å². The van der Waals surface area contributed by atoms with Crippen molar-refractivity contribution in [2.24, 2.45) is 0 Å². The van der Waals surface area contributed by atoms with Gasteiger partial charge in [-0.3, -0.25) is 0 Å². The van der Waals surface area contributed by atoms with Crippen molar-refractivity contribution in [1.82, 2.24) is 0 Å². The van der Waals surface area contributed by atoms with Crippen molar-refractivity contribution in [3.63, 3.8) is 0 Å². The summed E-state index contributed by atoms with van der Waals surface area (Å²) < 4.78 is 13.5. The number of halogens is 1. The van der Waals surface area contributed by atoms with E-state index >= 15 is 0 Å². The Bertz CT molecular complexity index is 686. The van der Waals surface area contributed by atoms with E-state index in [2.05, 4.69) is 0 Å². The molecule has 0 heterocycles. The van der Waals surface area contributed by atoms with Crippen molar-refractivity contribution < 1.29 is 14.3 Å². The minimum absolute atomic E-state index is 0.210. The molecule has 110 valence electrons. The predicted molar refractivity (Wildman–Crippen MR) is 81.6 cm³/mol. The second-order valence-electron chi connectivity index (χ2n) is 4.74. The van der Waals surface area contributed by atoms with Crippen LogP contribution in [-0.2, 0) is 0 Å². The maximum Gasteiger partial charge on any atom is 0.340 e. The number of benzene rings is 2. The molecule has 0 unspecified atom stereocenters. The lowest BCUT2D eigenvalue weighted by molar-refractivity contribution is 0.0698. The summed E-state index contributed by atoms with van der Waals surface area (Å²) in [6.07, 6.45) is 0. The molecule has 0 aliphatic rings. The van der Waals surface area contributed by atoms with Gasteiger partial charge >= 0.3 is 5.97 Å². The molecule has 0 fully saturated rings. The number of carboxylic acids is 1. The van der Waals surface area contributed by atoms with Crippen LogP contribution in [0, 0.1) is 12.7 Å². The molecule has 0 aromatic heterocycles. The van der Waals surface area contributed by atoms with Gasteiger partial charge in [0.05, 0.1) is 11.4 Å². The van der Waals surface area contributed by atoms with Crippen LogP contribution >= 0.6 is 0 Å². The van der Waals surface area contributed by atoms with E-state index in [1.165, 1.54) is 12.1 Å². The van der Waals surface area contributed by atoms with Crippen molar-refractivity contribution in [2.45, 2.75) is 13.8 Å². The first-order chi connectivity index (χ1) is 9.95. The Kier molecular flexibility index (Phi) is 4.12. The van der Waals surface area contributed by atoms with Crippen molar-refractivity contribution in [3.8, 4) is 0 Å². The van der Waals surface area contributed by atoms with Crippen molar-refractivity contribution in [2.75, 3.05) is 17.2 Å². The van der Waals surface area contributed by atoms with Crippen LogP contribution in [0.4, 0.5) is 21.5 Å². The van der Waals surface area contributed by atoms with Gasteiger partial charge in [-0.2, -0.15) is 0 Å². The van der Waals surface area contributed by atoms with E-state index < -0.39 is 11.8 Å². The average molecular weight is 288 g/mol. The van der Waals surface area contributed by atoms with E-state index in [0.717, 1.165) is 11.3 Å². The summed E-state index contributed by atoms with van der Waals surface area (Å²) in [6.45, 7) is 4.39. The van der Waals surface area contributed by atoms with Crippen LogP contribution in [0.1, 0.15) is 22.8 Å². The Labute approximate surface area is 122 Å². The zero-order valence-electron chi connectivity index (χ0n) is 11.9. The number of hydrogen-bond donors (Lipinski definition) is 2. The summed E-state index contributed by atoms with van der Waals surface area (Å²) in [5.74, 6) is -1.97. The third kappa shape index (κ3) is 2.81. The third-order valence-electron chi connectivity index (χ3n) is 3.30. The number of aryl methyl sites for hydroxylation is 1. The Morgan fingerprint density at radius 1 is 1.33 bits per heavy atom. The van der Waals surface area contributed by atoms with Crippen molar-refractivity contribution >= 4 is 23.0 Å². The highest BCUT2D eigenvalue weighted by molar-refractivity contribution is 6.01. The van der Waals surface area contributed by atoms with Gasteiger partial charge in [0.25, 0.3) is 0 Å². The summed E-state index contributed by atoms with van der Waals surface area (Å²) in [6, 6.07) is 10.3. The van der Waals surface area contributed by atoms with Gasteiger partial charge < -0.3 is 15.7 Å². The Hall–Kier alpha value is -2.56. The molecule has 0 aliphatic heterocycles. The van der Waals surface area contributed by atoms with E-state index in [-0.39, 0.29) is 11.3 Å². The fourth-order valence-electron chi connectivity index (χ4n) is 2.32. The number of rotatable bonds is 4. The van der Waals surface area contributed by atoms with Gasteiger partial charge in [0, 0.05) is 12.2 Å². The third-order valence-corrected chi connectivity index (χ3v) is 3.30. The molecular formula is C16H17FN2O2. The van der Waals surface area contributed by atoms with Crippen LogP contribution in [0.3, 0.4) is 0 Å². The molecule has 0 bridgehead atoms. The Balaban J connectivity index is 2.63. The van der Waals surface area contributed by atoms with Crippen LogP contribution in [0.25, 0.3) is 0 Å². The Morgan fingerprint density at radius 2 is 2.05 bits per heavy atom. The van der Waals surface area contributed by atoms with Crippen LogP contribution in [0.2, 0.25) is 0 Å². The van der Waals surface area contributed by atoms with Crippen LogP contribution in [-0.4, -0.2) is 17.6 Å². The molecular weight excluding hydrogens is 271 g/mol. The number of nitrogens with zero attached hydrogens (tertiary/aromatic N) is 1. The van der Waals surface area contributed by atoms with E-state index in [1.807, 2.05) is 38.1 Å². The van der Waals surface area contributed by atoms with Gasteiger partial charge in [0.15, 0.2) is 0 Å². The SMILES string of the molecule is CCN(c1cccc(C)c1)c1ccc(F)c(N)c1C(=O)O. The summed E-state index contributed by atoms with van der Waals surface area (Å²) >= 11 is 0. The van der Waals surface area contributed by atoms with E-state index in [4.69, 9.17) is 5.73 Å². The monoisotopic (exact) mass is 288 g/mol. The molecule has 0 saturated heterocycles. The molecule has 0 saturated carbocycles. The maximum atomic E-state index is 13.5. The molecule has 0 atom stereocenters. The molecule has 2 rings (SSSR count). The summed E-state index contributed by atoms with van der Waals surface area (Å²) in [5.41, 5.74) is 7.33. The van der Waals surface area contributed by atoms with E-state index in [9.17, 15) is 14.3 Å². The lowest BCUT2D eigenvalue weighted by Gasteiger charge is -2.26. The number of nitrogen functional groups attached to an aromatic ring is 1. The fraction of sp³-hybridized carbons (Fsp3) is 0.188. The van der Waals surface area contributed by atoms with Gasteiger partial charge in [-0.1, -0.05) is 12.1 Å². The molecule has 0 spiro atoms. The average Bonchev–Trinajstić information content (AvgIpc) is 2.43. The number of nitrogens with two attached hydrogens (primary N) is 1. The number of anilines is 3. The standard InChI is InChI=1S/C16H17FN2O2/c1-3-19(11-6-4-5-10(2)9-11)13-8-7-12(17)15(18)14(13)16(20)21/h4-9H,3,18H2,1-2H3,(H,20,21). The second-order valence-corrected chi connectivity index (χ2v) is 4.74. The summed E-state index contributed by atoms with van der Waals surface area (Å²) in [4.78, 5) is 13.2. The zero-order chi connectivity index (χ0) is 15.6. The molecule has 0 aliphatic carbocycles. The van der Waals surface area contributed by atoms with Gasteiger partial charge in [0.2, 0.25) is 0 Å². The molecule has 2 aromatic carbocycles. The minimum atomic E-state index is -1.24. The first kappa shape index (κ1) is 14.8. The van der Waals surface area contributed by atoms with Crippen molar-refractivity contribution in [1.29, 1.82) is 0 Å². The van der Waals surface area contributed by atoms with Crippen molar-refractivity contribution in [3.05, 3.63) is 53.3 Å². The lowest BCUT2D eigenvalue weighted by Crippen LogP contribution is -2.20. The molecule has 0 radical (unpaired) electrons. The van der Waals surface area contributed by atoms with Crippen LogP contribution in [0.15, 0.2) is 36.4 Å². The van der Waals surface area contributed by atoms with Gasteiger partial charge in [-0.05, 0) is 43.7 Å². The zero-order valence-corrected chi connectivity index (χ0v) is 11.9. The minimum Gasteiger partial charge on any atom is -0.478 e. The van der Waals surface area contributed by atoms with Gasteiger partial charge in [-0.15, -0.1) is 0 Å². The van der Waals surface area contributed by atoms with E-state index in [0.29, 0.717) is 12.2 Å². The van der Waals surface area contributed by atoms with Crippen LogP contribution in [0.5, 0.6) is 0 Å². The molecule has 21 heavy (non-hydrogen) atoms.